The Morgan fingerprint density at radius 1 is 0.962 bits per heavy atom. The molecule has 5 nitrogen and oxygen atoms in total. The van der Waals surface area contributed by atoms with Gasteiger partial charge in [0.15, 0.2) is 0 Å². The number of carboxylic acid groups (broad SMARTS) is 1. The lowest BCUT2D eigenvalue weighted by Crippen LogP contribution is -2.45. The molecule has 1 amide bonds. The van der Waals surface area contributed by atoms with Crippen molar-refractivity contribution in [2.45, 2.75) is 25.3 Å². The third-order valence-corrected chi connectivity index (χ3v) is 4.88. The molecule has 0 saturated carbocycles. The Balaban J connectivity index is 1.41. The van der Waals surface area contributed by atoms with Crippen LogP contribution in [0, 0.1) is 0 Å². The van der Waals surface area contributed by atoms with Gasteiger partial charge in [-0.05, 0) is 49.1 Å². The van der Waals surface area contributed by atoms with E-state index in [0.717, 1.165) is 44.5 Å². The van der Waals surface area contributed by atoms with E-state index in [-0.39, 0.29) is 11.9 Å². The molecule has 1 aliphatic heterocycles. The summed E-state index contributed by atoms with van der Waals surface area (Å²) in [5.74, 6) is -0.890. The molecule has 3 rings (SSSR count). The summed E-state index contributed by atoms with van der Waals surface area (Å²) < 4.78 is 0. The lowest BCUT2D eigenvalue weighted by atomic mass is 10.0. The molecule has 1 fully saturated rings. The second-order valence-electron chi connectivity index (χ2n) is 6.71. The van der Waals surface area contributed by atoms with Crippen LogP contribution in [0.15, 0.2) is 54.6 Å². The number of nitrogens with zero attached hydrogens (tertiary/aromatic N) is 1. The van der Waals surface area contributed by atoms with Gasteiger partial charge in [-0.1, -0.05) is 30.3 Å². The van der Waals surface area contributed by atoms with Gasteiger partial charge in [-0.15, -0.1) is 0 Å². The molecule has 1 heterocycles. The predicted molar refractivity (Wildman–Crippen MR) is 100 cm³/mol. The van der Waals surface area contributed by atoms with Crippen LogP contribution >= 0.6 is 0 Å². The third kappa shape index (κ3) is 4.92. The molecular formula is C21H24N2O3. The topological polar surface area (TPSA) is 69.6 Å². The maximum Gasteiger partial charge on any atom is 0.335 e. The number of rotatable bonds is 6. The second kappa shape index (κ2) is 8.63. The summed E-state index contributed by atoms with van der Waals surface area (Å²) >= 11 is 0. The highest BCUT2D eigenvalue weighted by Gasteiger charge is 2.20. The highest BCUT2D eigenvalue weighted by Crippen LogP contribution is 2.13. The molecule has 0 bridgehead atoms. The standard InChI is InChI=1S/C21H24N2O3/c24-20(17-4-2-1-3-5-17)22-19-11-14-23(15-12-19)13-10-16-6-8-18(9-7-16)21(25)26/h1-9,19H,10-15H2,(H,22,24)(H,25,26). The molecular weight excluding hydrogens is 328 g/mol. The zero-order valence-corrected chi connectivity index (χ0v) is 14.7. The number of benzene rings is 2. The van der Waals surface area contributed by atoms with Crippen LogP contribution in [0.4, 0.5) is 0 Å². The number of hydrogen-bond donors (Lipinski definition) is 2. The van der Waals surface area contributed by atoms with Crippen molar-refractivity contribution in [3.63, 3.8) is 0 Å². The number of nitrogens with one attached hydrogen (secondary N) is 1. The fourth-order valence-corrected chi connectivity index (χ4v) is 3.26. The Morgan fingerprint density at radius 2 is 1.62 bits per heavy atom. The van der Waals surface area contributed by atoms with Crippen molar-refractivity contribution in [1.82, 2.24) is 10.2 Å². The normalized spacial score (nSPS) is 15.5. The van der Waals surface area contributed by atoms with Gasteiger partial charge in [-0.25, -0.2) is 4.79 Å². The molecule has 1 saturated heterocycles. The molecule has 0 unspecified atom stereocenters. The Morgan fingerprint density at radius 3 is 2.23 bits per heavy atom. The second-order valence-corrected chi connectivity index (χ2v) is 6.71. The van der Waals surface area contributed by atoms with Crippen LogP contribution in [0.1, 0.15) is 39.1 Å². The lowest BCUT2D eigenvalue weighted by Gasteiger charge is -2.32. The fraction of sp³-hybridized carbons (Fsp3) is 0.333. The first-order valence-corrected chi connectivity index (χ1v) is 9.02. The van der Waals surface area contributed by atoms with Gasteiger partial charge in [-0.3, -0.25) is 4.79 Å². The quantitative estimate of drug-likeness (QED) is 0.839. The smallest absolute Gasteiger partial charge is 0.335 e. The van der Waals surface area contributed by atoms with E-state index >= 15 is 0 Å². The van der Waals surface area contributed by atoms with E-state index in [1.165, 1.54) is 0 Å². The first-order valence-electron chi connectivity index (χ1n) is 9.02. The number of carboxylic acids is 1. The molecule has 2 N–H and O–H groups in total. The van der Waals surface area contributed by atoms with Crippen LogP contribution in [-0.4, -0.2) is 47.6 Å². The summed E-state index contributed by atoms with van der Waals surface area (Å²) in [6, 6.07) is 16.6. The summed E-state index contributed by atoms with van der Waals surface area (Å²) in [5, 5.41) is 12.1. The molecule has 0 aromatic heterocycles. The zero-order chi connectivity index (χ0) is 18.4. The van der Waals surface area contributed by atoms with Gasteiger partial charge in [0, 0.05) is 31.2 Å². The van der Waals surface area contributed by atoms with Gasteiger partial charge in [-0.2, -0.15) is 0 Å². The van der Waals surface area contributed by atoms with E-state index in [9.17, 15) is 9.59 Å². The molecule has 26 heavy (non-hydrogen) atoms. The molecule has 2 aromatic rings. The summed E-state index contributed by atoms with van der Waals surface area (Å²) in [7, 11) is 0. The summed E-state index contributed by atoms with van der Waals surface area (Å²) in [6.45, 7) is 2.88. The number of carbonyl (C=O) groups excluding carboxylic acids is 1. The highest BCUT2D eigenvalue weighted by atomic mass is 16.4. The minimum Gasteiger partial charge on any atom is -0.478 e. The number of piperidine rings is 1. The zero-order valence-electron chi connectivity index (χ0n) is 14.7. The Hall–Kier alpha value is -2.66. The molecule has 0 spiro atoms. The molecule has 2 aromatic carbocycles. The number of hydrogen-bond acceptors (Lipinski definition) is 3. The summed E-state index contributed by atoms with van der Waals surface area (Å²) in [6.07, 6.45) is 2.81. The van der Waals surface area contributed by atoms with Gasteiger partial charge in [0.25, 0.3) is 5.91 Å². The number of aromatic carboxylic acids is 1. The van der Waals surface area contributed by atoms with Crippen LogP contribution in [0.3, 0.4) is 0 Å². The lowest BCUT2D eigenvalue weighted by molar-refractivity contribution is 0.0696. The van der Waals surface area contributed by atoms with E-state index in [2.05, 4.69) is 10.2 Å². The SMILES string of the molecule is O=C(O)c1ccc(CCN2CCC(NC(=O)c3ccccc3)CC2)cc1. The maximum atomic E-state index is 12.2. The van der Waals surface area contributed by atoms with Crippen molar-refractivity contribution in [2.24, 2.45) is 0 Å². The third-order valence-electron chi connectivity index (χ3n) is 4.88. The van der Waals surface area contributed by atoms with Gasteiger partial charge in [0.05, 0.1) is 5.56 Å². The number of carbonyl (C=O) groups is 2. The summed E-state index contributed by atoms with van der Waals surface area (Å²) in [4.78, 5) is 25.5. The highest BCUT2D eigenvalue weighted by molar-refractivity contribution is 5.94. The van der Waals surface area contributed by atoms with Crippen molar-refractivity contribution < 1.29 is 14.7 Å². The molecule has 0 radical (unpaired) electrons. The van der Waals surface area contributed by atoms with Crippen LogP contribution in [0.5, 0.6) is 0 Å². The van der Waals surface area contributed by atoms with Crippen molar-refractivity contribution >= 4 is 11.9 Å². The number of likely N-dealkylation sites (tertiary alicyclic amines) is 1. The van der Waals surface area contributed by atoms with E-state index in [0.29, 0.717) is 11.1 Å². The Bertz CT molecular complexity index is 736. The van der Waals surface area contributed by atoms with E-state index in [1.54, 1.807) is 12.1 Å². The van der Waals surface area contributed by atoms with Gasteiger partial charge < -0.3 is 15.3 Å². The van der Waals surface area contributed by atoms with E-state index in [4.69, 9.17) is 5.11 Å². The minimum absolute atomic E-state index is 0.00238. The van der Waals surface area contributed by atoms with Gasteiger partial charge in [0.2, 0.25) is 0 Å². The maximum absolute atomic E-state index is 12.2. The molecule has 136 valence electrons. The Kier molecular flexibility index (Phi) is 6.02. The van der Waals surface area contributed by atoms with E-state index < -0.39 is 5.97 Å². The minimum atomic E-state index is -0.892. The van der Waals surface area contributed by atoms with Crippen LogP contribution in [0.2, 0.25) is 0 Å². The van der Waals surface area contributed by atoms with Gasteiger partial charge in [0.1, 0.15) is 0 Å². The van der Waals surface area contributed by atoms with Crippen molar-refractivity contribution in [3.05, 3.63) is 71.3 Å². The van der Waals surface area contributed by atoms with Crippen molar-refractivity contribution in [3.8, 4) is 0 Å². The largest absolute Gasteiger partial charge is 0.478 e. The molecule has 0 aliphatic carbocycles. The van der Waals surface area contributed by atoms with E-state index in [1.807, 2.05) is 42.5 Å². The van der Waals surface area contributed by atoms with Crippen molar-refractivity contribution in [1.29, 1.82) is 0 Å². The van der Waals surface area contributed by atoms with Crippen LogP contribution in [0.25, 0.3) is 0 Å². The van der Waals surface area contributed by atoms with Crippen molar-refractivity contribution in [2.75, 3.05) is 19.6 Å². The fourth-order valence-electron chi connectivity index (χ4n) is 3.26. The van der Waals surface area contributed by atoms with Crippen LogP contribution < -0.4 is 5.32 Å². The first-order chi connectivity index (χ1) is 12.6. The van der Waals surface area contributed by atoms with Crippen LogP contribution in [-0.2, 0) is 6.42 Å². The summed E-state index contributed by atoms with van der Waals surface area (Å²) in [5.41, 5.74) is 2.18. The Labute approximate surface area is 153 Å². The molecule has 1 aliphatic rings. The van der Waals surface area contributed by atoms with Gasteiger partial charge >= 0.3 is 5.97 Å². The predicted octanol–water partition coefficient (Wildman–Crippen LogP) is 2.82. The average molecular weight is 352 g/mol. The number of amides is 1. The first kappa shape index (κ1) is 18.1. The monoisotopic (exact) mass is 352 g/mol. The molecule has 5 heteroatoms. The molecule has 0 atom stereocenters. The average Bonchev–Trinajstić information content (AvgIpc) is 2.68.